The monoisotopic (exact) mass is 206 g/mol. The van der Waals surface area contributed by atoms with Gasteiger partial charge in [-0.2, -0.15) is 21.6 Å². The van der Waals surface area contributed by atoms with E-state index < -0.39 is 22.0 Å². The number of hydrogen-bond donors (Lipinski definition) is 0. The van der Waals surface area contributed by atoms with Crippen LogP contribution in [-0.4, -0.2) is 49.9 Å². The number of rotatable bonds is 2. The maximum absolute atomic E-state index is 11.1. The van der Waals surface area contributed by atoms with Gasteiger partial charge in [-0.15, -0.1) is 0 Å². The Bertz CT molecular complexity index is 196. The van der Waals surface area contributed by atoms with Crippen molar-refractivity contribution in [2.45, 2.75) is 6.18 Å². The van der Waals surface area contributed by atoms with Gasteiger partial charge < -0.3 is 0 Å². The third-order valence-electron chi connectivity index (χ3n) is 0.436. The van der Waals surface area contributed by atoms with E-state index in [1.165, 1.54) is 0 Å². The normalized spacial score (nSPS) is 12.4. The van der Waals surface area contributed by atoms with Gasteiger partial charge in [0, 0.05) is 0 Å². The Morgan fingerprint density at radius 3 is 1.73 bits per heavy atom. The molecule has 0 saturated heterocycles. The Labute approximate surface area is 82.0 Å². The average molecular weight is 206 g/mol. The molecular formula is C2H3F4NaO3S. The fourth-order valence-corrected chi connectivity index (χ4v) is 0.668. The summed E-state index contributed by atoms with van der Waals surface area (Å²) in [5, 5.41) is 0. The molecule has 0 N–H and O–H groups in total. The molecule has 0 saturated carbocycles. The Morgan fingerprint density at radius 1 is 1.27 bits per heavy atom. The Hall–Kier alpha value is 0.630. The molecule has 0 aliphatic carbocycles. The van der Waals surface area contributed by atoms with Crippen LogP contribution in [0.15, 0.2) is 0 Å². The molecule has 0 bridgehead atoms. The summed E-state index contributed by atoms with van der Waals surface area (Å²) < 4.78 is 65.5. The van der Waals surface area contributed by atoms with Crippen LogP contribution < -0.4 is 0 Å². The molecule has 0 aromatic carbocycles. The topological polar surface area (TPSA) is 43.4 Å². The molecule has 0 radical (unpaired) electrons. The van der Waals surface area contributed by atoms with Crippen LogP contribution in [0.1, 0.15) is 0 Å². The second-order valence-corrected chi connectivity index (χ2v) is 2.91. The van der Waals surface area contributed by atoms with E-state index in [1.807, 2.05) is 0 Å². The third-order valence-corrected chi connectivity index (χ3v) is 1.31. The van der Waals surface area contributed by atoms with Gasteiger partial charge in [-0.05, 0) is 4.53 Å². The first-order valence-electron chi connectivity index (χ1n) is 1.86. The van der Waals surface area contributed by atoms with Gasteiger partial charge in [-0.25, -0.2) is 0 Å². The van der Waals surface area contributed by atoms with E-state index >= 15 is 0 Å². The first kappa shape index (κ1) is 14.2. The van der Waals surface area contributed by atoms with Crippen molar-refractivity contribution in [3.05, 3.63) is 0 Å². The molecule has 0 aliphatic rings. The van der Waals surface area contributed by atoms with Crippen LogP contribution >= 0.6 is 0 Å². The zero-order chi connectivity index (χ0) is 8.41. The molecule has 64 valence electrons. The van der Waals surface area contributed by atoms with Gasteiger partial charge in [0.15, 0.2) is 5.75 Å². The second-order valence-electron chi connectivity index (χ2n) is 1.38. The Morgan fingerprint density at radius 2 is 1.64 bits per heavy atom. The molecule has 0 aromatic rings. The van der Waals surface area contributed by atoms with Crippen molar-refractivity contribution >= 4 is 39.7 Å². The summed E-state index contributed by atoms with van der Waals surface area (Å²) in [6.07, 6.45) is -4.97. The van der Waals surface area contributed by atoms with Gasteiger partial charge in [-0.3, -0.25) is 0 Å². The summed E-state index contributed by atoms with van der Waals surface area (Å²) in [6, 6.07) is 0. The van der Waals surface area contributed by atoms with Crippen molar-refractivity contribution in [3.8, 4) is 0 Å². The van der Waals surface area contributed by atoms with Crippen LogP contribution in [0.4, 0.5) is 17.7 Å². The zero-order valence-corrected chi connectivity index (χ0v) is 5.17. The van der Waals surface area contributed by atoms with Gasteiger partial charge in [-0.1, -0.05) is 4.39 Å². The minimum absolute atomic E-state index is 0. The van der Waals surface area contributed by atoms with E-state index in [2.05, 4.69) is 4.39 Å². The van der Waals surface area contributed by atoms with E-state index in [-0.39, 0.29) is 29.6 Å². The average Bonchev–Trinajstić information content (AvgIpc) is 1.60. The van der Waals surface area contributed by atoms with Crippen LogP contribution in [0.2, 0.25) is 0 Å². The standard InChI is InChI=1S/C2H2F4O3S.Na.H/c3-2(4,5)1-10(7,8)9-6;;/h1H2;;. The second kappa shape index (κ2) is 4.61. The molecule has 0 spiro atoms. The molecule has 9 heteroatoms. The molecule has 0 fully saturated rings. The van der Waals surface area contributed by atoms with Crippen molar-refractivity contribution in [3.63, 3.8) is 0 Å². The molecule has 3 nitrogen and oxygen atoms in total. The number of alkyl halides is 3. The molecular weight excluding hydrogens is 203 g/mol. The van der Waals surface area contributed by atoms with Crippen LogP contribution in [0.3, 0.4) is 0 Å². The van der Waals surface area contributed by atoms with Gasteiger partial charge in [0.1, 0.15) is 0 Å². The van der Waals surface area contributed by atoms with Gasteiger partial charge in [0.05, 0.1) is 0 Å². The number of hydrogen-bond acceptors (Lipinski definition) is 3. The van der Waals surface area contributed by atoms with Gasteiger partial charge in [0.25, 0.3) is 0 Å². The SMILES string of the molecule is O=S(=O)(CC(F)(F)F)OF.[NaH]. The fraction of sp³-hybridized carbons (Fsp3) is 1.00. The molecule has 0 aromatic heterocycles. The first-order chi connectivity index (χ1) is 4.27. The summed E-state index contributed by atoms with van der Waals surface area (Å²) in [5.74, 6) is -2.31. The fourth-order valence-electron chi connectivity index (χ4n) is 0.223. The van der Waals surface area contributed by atoms with E-state index in [0.29, 0.717) is 0 Å². The summed E-state index contributed by atoms with van der Waals surface area (Å²) >= 11 is 0. The zero-order valence-electron chi connectivity index (χ0n) is 4.35. The van der Waals surface area contributed by atoms with E-state index in [1.54, 1.807) is 0 Å². The Balaban J connectivity index is 0. The van der Waals surface area contributed by atoms with Gasteiger partial charge >= 0.3 is 45.9 Å². The minimum atomic E-state index is -5.07. The third kappa shape index (κ3) is 8.54. The first-order valence-corrected chi connectivity index (χ1v) is 3.44. The van der Waals surface area contributed by atoms with Gasteiger partial charge in [0.2, 0.25) is 0 Å². The van der Waals surface area contributed by atoms with Crippen molar-refractivity contribution in [2.24, 2.45) is 0 Å². The summed E-state index contributed by atoms with van der Waals surface area (Å²) in [7, 11) is -5.07. The van der Waals surface area contributed by atoms with E-state index in [4.69, 9.17) is 0 Å². The van der Waals surface area contributed by atoms with Crippen molar-refractivity contribution in [1.82, 2.24) is 0 Å². The molecule has 0 unspecified atom stereocenters. The summed E-state index contributed by atoms with van der Waals surface area (Å²) in [4.78, 5) is 0. The molecule has 0 amide bonds. The Kier molecular flexibility index (Phi) is 5.93. The van der Waals surface area contributed by atoms with E-state index in [0.717, 1.165) is 0 Å². The van der Waals surface area contributed by atoms with E-state index in [9.17, 15) is 26.1 Å². The van der Waals surface area contributed by atoms with Crippen LogP contribution in [0.5, 0.6) is 0 Å². The van der Waals surface area contributed by atoms with Crippen molar-refractivity contribution in [2.75, 3.05) is 5.75 Å². The number of halogens is 4. The summed E-state index contributed by atoms with van der Waals surface area (Å²) in [5.41, 5.74) is 0. The molecule has 0 atom stereocenters. The maximum atomic E-state index is 11.1. The summed E-state index contributed by atoms with van der Waals surface area (Å²) in [6.45, 7) is 0. The predicted octanol–water partition coefficient (Wildman–Crippen LogP) is 0.131. The predicted molar refractivity (Wildman–Crippen MR) is 29.2 cm³/mol. The molecule has 0 heterocycles. The van der Waals surface area contributed by atoms with Crippen LogP contribution in [0.25, 0.3) is 0 Å². The van der Waals surface area contributed by atoms with Crippen molar-refractivity contribution < 1.29 is 30.5 Å². The van der Waals surface area contributed by atoms with Crippen LogP contribution in [-0.2, 0) is 14.5 Å². The van der Waals surface area contributed by atoms with Crippen LogP contribution in [0, 0.1) is 0 Å². The molecule has 11 heavy (non-hydrogen) atoms. The molecule has 0 rings (SSSR count). The quantitative estimate of drug-likeness (QED) is 0.476. The van der Waals surface area contributed by atoms with Crippen molar-refractivity contribution in [1.29, 1.82) is 0 Å². The molecule has 0 aliphatic heterocycles.